The molecule has 45 heavy (non-hydrogen) atoms. The van der Waals surface area contributed by atoms with E-state index in [4.69, 9.17) is 9.47 Å². The summed E-state index contributed by atoms with van der Waals surface area (Å²) in [5.41, 5.74) is -1.83. The van der Waals surface area contributed by atoms with Gasteiger partial charge in [-0.3, -0.25) is 19.2 Å². The molecule has 0 aliphatic carbocycles. The molecule has 3 amide bonds. The summed E-state index contributed by atoms with van der Waals surface area (Å²) in [5.74, 6) is -3.00. The first-order valence-corrected chi connectivity index (χ1v) is 17.2. The third-order valence-electron chi connectivity index (χ3n) is 9.10. The van der Waals surface area contributed by atoms with Crippen molar-refractivity contribution in [1.82, 2.24) is 15.1 Å². The number of ether oxygens (including phenoxy) is 2. The van der Waals surface area contributed by atoms with Crippen molar-refractivity contribution in [2.45, 2.75) is 121 Å². The Kier molecular flexibility index (Phi) is 12.5. The standard InChI is InChI=1S/C34H54BrN3O7/c1-9-11-15-24(40)36-20-22(3)44-31(43)25-26-29(41)37(17-13-12-14-18-39)28(34(26)19-23(35)27(25)45-34)30(42)38(16-10-2)33(7,8)21-32(4,5)6/h9-10,22-23,25-28,39H,1-2,11-21H2,3-8H3,(H,36,40)/t22-,23?,25-,26+,27-,28-,34+/m0/s1. The number of likely N-dealkylation sites (tertiary alicyclic amines) is 1. The molecule has 1 spiro atoms. The second-order valence-electron chi connectivity index (χ2n) is 14.6. The molecule has 3 heterocycles. The maximum atomic E-state index is 14.8. The van der Waals surface area contributed by atoms with Gasteiger partial charge in [-0.05, 0) is 64.7 Å². The number of nitrogens with one attached hydrogen (secondary N) is 1. The number of hydrogen-bond donors (Lipinski definition) is 2. The lowest BCUT2D eigenvalue weighted by Crippen LogP contribution is -2.61. The molecule has 0 aromatic rings. The number of carbonyl (C=O) groups is 4. The van der Waals surface area contributed by atoms with E-state index in [-0.39, 0.29) is 41.1 Å². The first kappa shape index (κ1) is 37.2. The Morgan fingerprint density at radius 2 is 1.89 bits per heavy atom. The van der Waals surface area contributed by atoms with E-state index in [9.17, 15) is 24.3 Å². The molecule has 0 saturated carbocycles. The summed E-state index contributed by atoms with van der Waals surface area (Å²) in [6.45, 7) is 20.5. The van der Waals surface area contributed by atoms with Crippen molar-refractivity contribution in [3.05, 3.63) is 25.3 Å². The Morgan fingerprint density at radius 1 is 1.20 bits per heavy atom. The van der Waals surface area contributed by atoms with Gasteiger partial charge in [-0.1, -0.05) is 48.9 Å². The first-order chi connectivity index (χ1) is 21.0. The Labute approximate surface area is 277 Å². The fourth-order valence-electron chi connectivity index (χ4n) is 7.69. The predicted octanol–water partition coefficient (Wildman–Crippen LogP) is 4.14. The first-order valence-electron chi connectivity index (χ1n) is 16.3. The minimum Gasteiger partial charge on any atom is -0.460 e. The molecule has 2 bridgehead atoms. The van der Waals surface area contributed by atoms with Crippen LogP contribution in [0, 0.1) is 17.3 Å². The summed E-state index contributed by atoms with van der Waals surface area (Å²) in [4.78, 5) is 58.2. The Balaban J connectivity index is 1.95. The lowest BCUT2D eigenvalue weighted by molar-refractivity contribution is -0.159. The molecule has 3 aliphatic rings. The van der Waals surface area contributed by atoms with Crippen molar-refractivity contribution in [3.8, 4) is 0 Å². The molecule has 0 aromatic carbocycles. The van der Waals surface area contributed by atoms with E-state index in [1.165, 1.54) is 0 Å². The van der Waals surface area contributed by atoms with Gasteiger partial charge in [0.1, 0.15) is 17.7 Å². The van der Waals surface area contributed by atoms with Gasteiger partial charge in [0.15, 0.2) is 0 Å². The lowest BCUT2D eigenvalue weighted by Gasteiger charge is -2.45. The second-order valence-corrected chi connectivity index (χ2v) is 15.8. The topological polar surface area (TPSA) is 125 Å². The van der Waals surface area contributed by atoms with Crippen LogP contribution in [0.3, 0.4) is 0 Å². The van der Waals surface area contributed by atoms with Crippen molar-refractivity contribution in [3.63, 3.8) is 0 Å². The number of aliphatic hydroxyl groups is 1. The summed E-state index contributed by atoms with van der Waals surface area (Å²) in [5, 5.41) is 12.1. The minimum absolute atomic E-state index is 0.0494. The van der Waals surface area contributed by atoms with E-state index in [0.29, 0.717) is 58.0 Å². The zero-order valence-corrected chi connectivity index (χ0v) is 29.6. The van der Waals surface area contributed by atoms with Crippen LogP contribution in [-0.4, -0.2) is 99.1 Å². The van der Waals surface area contributed by atoms with Crippen molar-refractivity contribution >= 4 is 39.6 Å². The normalized spacial score (nSPS) is 28.0. The van der Waals surface area contributed by atoms with Crippen LogP contribution in [0.25, 0.3) is 0 Å². The molecule has 0 aromatic heterocycles. The second kappa shape index (κ2) is 15.1. The highest BCUT2D eigenvalue weighted by Gasteiger charge is 2.77. The van der Waals surface area contributed by atoms with E-state index in [0.717, 1.165) is 0 Å². The van der Waals surface area contributed by atoms with Crippen LogP contribution in [0.15, 0.2) is 25.3 Å². The van der Waals surface area contributed by atoms with Gasteiger partial charge in [-0.25, -0.2) is 0 Å². The van der Waals surface area contributed by atoms with Crippen LogP contribution >= 0.6 is 15.9 Å². The number of unbranched alkanes of at least 4 members (excludes halogenated alkanes) is 2. The fraction of sp³-hybridized carbons (Fsp3) is 0.765. The van der Waals surface area contributed by atoms with E-state index in [1.807, 2.05) is 18.7 Å². The maximum Gasteiger partial charge on any atom is 0.312 e. The number of halogens is 1. The van der Waals surface area contributed by atoms with Crippen molar-refractivity contribution in [2.24, 2.45) is 17.3 Å². The number of esters is 1. The van der Waals surface area contributed by atoms with Crippen LogP contribution < -0.4 is 5.32 Å². The largest absolute Gasteiger partial charge is 0.460 e. The zero-order chi connectivity index (χ0) is 33.7. The number of carbonyl (C=O) groups excluding carboxylic acids is 4. The Morgan fingerprint density at radius 3 is 2.49 bits per heavy atom. The summed E-state index contributed by atoms with van der Waals surface area (Å²) in [6.07, 6.45) is 5.96. The highest BCUT2D eigenvalue weighted by atomic mass is 79.9. The molecule has 3 aliphatic heterocycles. The molecule has 7 atom stereocenters. The Bertz CT molecular complexity index is 1120. The lowest BCUT2D eigenvalue weighted by atomic mass is 9.70. The Hall–Kier alpha value is -2.24. The number of alkyl halides is 1. The number of amides is 3. The average Bonchev–Trinajstić information content (AvgIpc) is 3.53. The molecule has 3 rings (SSSR count). The van der Waals surface area contributed by atoms with Crippen LogP contribution in [0.2, 0.25) is 0 Å². The van der Waals surface area contributed by atoms with Gasteiger partial charge in [-0.15, -0.1) is 13.2 Å². The van der Waals surface area contributed by atoms with Gasteiger partial charge in [0.2, 0.25) is 17.7 Å². The van der Waals surface area contributed by atoms with E-state index in [1.54, 1.807) is 24.0 Å². The molecule has 1 unspecified atom stereocenters. The highest BCUT2D eigenvalue weighted by molar-refractivity contribution is 9.09. The molecule has 0 radical (unpaired) electrons. The molecule has 2 N–H and O–H groups in total. The third-order valence-corrected chi connectivity index (χ3v) is 9.95. The van der Waals surface area contributed by atoms with Crippen molar-refractivity contribution in [2.75, 3.05) is 26.2 Å². The SMILES string of the molecule is C=CCCC(=O)NC[C@H](C)OC(=O)[C@@H]1[C@H]2O[C@@]3(CC2Br)[C@H](C(=O)N(CC=C)C(C)(C)CC(C)(C)C)N(CCCCCO)C(=O)[C@@H]13. The number of hydrogen-bond acceptors (Lipinski definition) is 7. The molecule has 10 nitrogen and oxygen atoms in total. The summed E-state index contributed by atoms with van der Waals surface area (Å²) in [7, 11) is 0. The van der Waals surface area contributed by atoms with Crippen LogP contribution in [0.1, 0.15) is 86.5 Å². The van der Waals surface area contributed by atoms with Gasteiger partial charge in [-0.2, -0.15) is 0 Å². The average molecular weight is 697 g/mol. The van der Waals surface area contributed by atoms with Gasteiger partial charge < -0.3 is 29.7 Å². The molecule has 3 saturated heterocycles. The van der Waals surface area contributed by atoms with Gasteiger partial charge >= 0.3 is 5.97 Å². The number of fused-ring (bicyclic) bond motifs is 1. The third kappa shape index (κ3) is 8.19. The smallest absolute Gasteiger partial charge is 0.312 e. The molecule has 11 heteroatoms. The fourth-order valence-corrected chi connectivity index (χ4v) is 8.64. The number of rotatable bonds is 17. The van der Waals surface area contributed by atoms with Crippen LogP contribution in [-0.2, 0) is 28.7 Å². The van der Waals surface area contributed by atoms with Crippen molar-refractivity contribution < 1.29 is 33.8 Å². The molecular weight excluding hydrogens is 642 g/mol. The van der Waals surface area contributed by atoms with Crippen molar-refractivity contribution in [1.29, 1.82) is 0 Å². The highest BCUT2D eigenvalue weighted by Crippen LogP contribution is 2.60. The monoisotopic (exact) mass is 695 g/mol. The number of nitrogens with zero attached hydrogens (tertiary/aromatic N) is 2. The summed E-state index contributed by atoms with van der Waals surface area (Å²) >= 11 is 3.72. The van der Waals surface area contributed by atoms with Gasteiger partial charge in [0.25, 0.3) is 0 Å². The van der Waals surface area contributed by atoms with Gasteiger partial charge in [0.05, 0.1) is 24.5 Å². The summed E-state index contributed by atoms with van der Waals surface area (Å²) < 4.78 is 12.5. The maximum absolute atomic E-state index is 14.8. The molecule has 3 fully saturated rings. The summed E-state index contributed by atoms with van der Waals surface area (Å²) in [6, 6.07) is -0.923. The molecular formula is C34H54BrN3O7. The molecule has 254 valence electrons. The zero-order valence-electron chi connectivity index (χ0n) is 28.0. The number of aliphatic hydroxyl groups excluding tert-OH is 1. The predicted molar refractivity (Wildman–Crippen MR) is 176 cm³/mol. The van der Waals surface area contributed by atoms with E-state index in [2.05, 4.69) is 55.2 Å². The quantitative estimate of drug-likeness (QED) is 0.101. The van der Waals surface area contributed by atoms with Crippen LogP contribution in [0.5, 0.6) is 0 Å². The number of allylic oxidation sites excluding steroid dienone is 1. The van der Waals surface area contributed by atoms with Crippen LogP contribution in [0.4, 0.5) is 0 Å². The van der Waals surface area contributed by atoms with Gasteiger partial charge in [0, 0.05) is 36.5 Å². The van der Waals surface area contributed by atoms with E-state index < -0.39 is 47.2 Å². The van der Waals surface area contributed by atoms with E-state index >= 15 is 0 Å². The minimum atomic E-state index is -1.20.